The minimum atomic E-state index is -0.514. The van der Waals surface area contributed by atoms with Gasteiger partial charge >= 0.3 is 0 Å². The third-order valence-electron chi connectivity index (χ3n) is 8.57. The molecule has 4 heterocycles. The zero-order valence-corrected chi connectivity index (χ0v) is 22.7. The number of hydrogen-bond acceptors (Lipinski definition) is 7. The number of aryl methyl sites for hydroxylation is 1. The van der Waals surface area contributed by atoms with Gasteiger partial charge in [0.1, 0.15) is 12.9 Å². The molecule has 2 saturated heterocycles. The van der Waals surface area contributed by atoms with Crippen LogP contribution >= 0.6 is 11.6 Å². The van der Waals surface area contributed by atoms with Gasteiger partial charge in [-0.2, -0.15) is 0 Å². The minimum absolute atomic E-state index is 0.260. The predicted octanol–water partition coefficient (Wildman–Crippen LogP) is 3.33. The normalized spacial score (nSPS) is 20.5. The molecule has 3 aliphatic rings. The Balaban J connectivity index is 1.57. The second-order valence-corrected chi connectivity index (χ2v) is 11.1. The molecule has 2 fully saturated rings. The van der Waals surface area contributed by atoms with Gasteiger partial charge in [-0.25, -0.2) is 15.0 Å². The molecule has 0 radical (unpaired) electrons. The van der Waals surface area contributed by atoms with E-state index in [9.17, 15) is 9.90 Å². The van der Waals surface area contributed by atoms with Crippen LogP contribution in [-0.4, -0.2) is 64.3 Å². The summed E-state index contributed by atoms with van der Waals surface area (Å²) in [7, 11) is 0. The van der Waals surface area contributed by atoms with Crippen LogP contribution in [0.15, 0.2) is 48.4 Å². The number of rotatable bonds is 9. The molecule has 0 saturated carbocycles. The molecule has 0 spiro atoms. The summed E-state index contributed by atoms with van der Waals surface area (Å²) in [6.45, 7) is 3.25. The first-order chi connectivity index (χ1) is 18.6. The van der Waals surface area contributed by atoms with E-state index in [0.717, 1.165) is 94.5 Å². The number of piperidine rings is 2. The van der Waals surface area contributed by atoms with Gasteiger partial charge in [0.05, 0.1) is 11.2 Å². The van der Waals surface area contributed by atoms with Crippen LogP contribution < -0.4 is 16.1 Å². The molecular formula is C29H39ClN6O2. The summed E-state index contributed by atoms with van der Waals surface area (Å²) in [6.07, 6.45) is 11.1. The quantitative estimate of drug-likeness (QED) is 0.363. The lowest BCUT2D eigenvalue weighted by Gasteiger charge is -2.52. The lowest BCUT2D eigenvalue weighted by Crippen LogP contribution is -2.65. The Bertz CT molecular complexity index is 1080. The maximum absolute atomic E-state index is 13.5. The Kier molecular flexibility index (Phi) is 8.94. The average molecular weight is 539 g/mol. The number of amides is 1. The highest BCUT2D eigenvalue weighted by molar-refractivity contribution is 6.30. The van der Waals surface area contributed by atoms with Crippen molar-refractivity contribution in [1.82, 2.24) is 31.0 Å². The van der Waals surface area contributed by atoms with Crippen molar-refractivity contribution < 1.29 is 9.90 Å². The molecule has 3 aliphatic heterocycles. The fourth-order valence-electron chi connectivity index (χ4n) is 6.92. The van der Waals surface area contributed by atoms with E-state index in [0.29, 0.717) is 16.9 Å². The summed E-state index contributed by atoms with van der Waals surface area (Å²) in [5, 5.41) is 19.7. The molecule has 0 bridgehead atoms. The van der Waals surface area contributed by atoms with Crippen molar-refractivity contribution in [3.63, 3.8) is 0 Å². The van der Waals surface area contributed by atoms with Crippen LogP contribution in [-0.2, 0) is 11.2 Å². The topological polar surface area (TPSA) is 102 Å². The Hall–Kier alpha value is -2.52. The van der Waals surface area contributed by atoms with Crippen LogP contribution in [0.3, 0.4) is 0 Å². The fraction of sp³-hybridized carbons (Fsp3) is 0.552. The van der Waals surface area contributed by atoms with Gasteiger partial charge in [-0.05, 0) is 119 Å². The summed E-state index contributed by atoms with van der Waals surface area (Å²) >= 11 is 6.26. The van der Waals surface area contributed by atoms with E-state index in [4.69, 9.17) is 11.6 Å². The molecule has 8 nitrogen and oxygen atoms in total. The van der Waals surface area contributed by atoms with Crippen LogP contribution in [0.2, 0.25) is 5.02 Å². The summed E-state index contributed by atoms with van der Waals surface area (Å²) in [6, 6.07) is 9.87. The Morgan fingerprint density at radius 1 is 0.974 bits per heavy atom. The Morgan fingerprint density at radius 3 is 2.18 bits per heavy atom. The number of hydrogen-bond donors (Lipinski definition) is 4. The summed E-state index contributed by atoms with van der Waals surface area (Å²) in [5.74, 6) is 0.345. The number of hydrazine groups is 1. The SMILES string of the molecule is O=C(CO)N1NC(c2ccc(Cl)cc2)=C(CCCCc2ccncn2)C1(C1CCNCC1)C1CCNCC1. The zero-order valence-electron chi connectivity index (χ0n) is 22.0. The van der Waals surface area contributed by atoms with Gasteiger partial charge in [0.15, 0.2) is 0 Å². The molecule has 2 aromatic rings. The second-order valence-electron chi connectivity index (χ2n) is 10.6. The van der Waals surface area contributed by atoms with Crippen molar-refractivity contribution in [2.24, 2.45) is 11.8 Å². The van der Waals surface area contributed by atoms with E-state index in [2.05, 4.69) is 26.0 Å². The molecule has 0 atom stereocenters. The van der Waals surface area contributed by atoms with Crippen molar-refractivity contribution in [3.05, 3.63) is 64.7 Å². The van der Waals surface area contributed by atoms with Crippen molar-refractivity contribution in [3.8, 4) is 0 Å². The van der Waals surface area contributed by atoms with Crippen molar-refractivity contribution in [2.75, 3.05) is 32.8 Å². The van der Waals surface area contributed by atoms with E-state index in [1.807, 2.05) is 35.3 Å². The van der Waals surface area contributed by atoms with E-state index >= 15 is 0 Å². The first-order valence-electron chi connectivity index (χ1n) is 14.0. The highest BCUT2D eigenvalue weighted by atomic mass is 35.5. The number of aliphatic hydroxyl groups is 1. The number of nitrogens with one attached hydrogen (secondary N) is 3. The molecule has 1 amide bonds. The van der Waals surface area contributed by atoms with Crippen LogP contribution in [0, 0.1) is 11.8 Å². The van der Waals surface area contributed by atoms with Crippen LogP contribution in [0.4, 0.5) is 0 Å². The van der Waals surface area contributed by atoms with E-state index in [-0.39, 0.29) is 5.91 Å². The molecule has 5 rings (SSSR count). The molecular weight excluding hydrogens is 500 g/mol. The summed E-state index contributed by atoms with van der Waals surface area (Å²) in [4.78, 5) is 22.0. The number of nitrogens with zero attached hydrogens (tertiary/aromatic N) is 3. The third kappa shape index (κ3) is 5.45. The first-order valence-corrected chi connectivity index (χ1v) is 14.4. The molecule has 38 heavy (non-hydrogen) atoms. The zero-order chi connectivity index (χ0) is 26.4. The van der Waals surface area contributed by atoms with Gasteiger partial charge in [-0.15, -0.1) is 0 Å². The monoisotopic (exact) mass is 538 g/mol. The summed E-state index contributed by atoms with van der Waals surface area (Å²) in [5.41, 5.74) is 7.48. The number of carbonyl (C=O) groups excluding carboxylic acids is 1. The number of benzene rings is 1. The van der Waals surface area contributed by atoms with E-state index < -0.39 is 12.1 Å². The lowest BCUT2D eigenvalue weighted by molar-refractivity contribution is -0.148. The van der Waals surface area contributed by atoms with Gasteiger partial charge in [-0.1, -0.05) is 23.7 Å². The van der Waals surface area contributed by atoms with Crippen LogP contribution in [0.1, 0.15) is 56.2 Å². The van der Waals surface area contributed by atoms with Crippen LogP contribution in [0.25, 0.3) is 5.70 Å². The van der Waals surface area contributed by atoms with E-state index in [1.54, 1.807) is 12.5 Å². The molecule has 4 N–H and O–H groups in total. The molecule has 1 aromatic heterocycles. The second kappa shape index (κ2) is 12.6. The number of aromatic nitrogens is 2. The predicted molar refractivity (Wildman–Crippen MR) is 149 cm³/mol. The maximum atomic E-state index is 13.5. The van der Waals surface area contributed by atoms with Gasteiger partial charge in [-0.3, -0.25) is 10.2 Å². The van der Waals surface area contributed by atoms with Gasteiger partial charge in [0, 0.05) is 16.9 Å². The average Bonchev–Trinajstić information content (AvgIpc) is 3.32. The standard InChI is InChI=1S/C29H39ClN6O2/c30-24-7-5-21(6-8-24)28-26(4-2-1-3-25-13-18-33-20-34-25)29(22-9-14-31-15-10-22,23-11-16-32-17-12-23)36(35-28)27(38)19-37/h5-8,13,18,20,22-23,31-32,35,37H,1-4,9-12,14-17,19H2. The maximum Gasteiger partial charge on any atom is 0.267 e. The van der Waals surface area contributed by atoms with E-state index in [1.165, 1.54) is 5.57 Å². The molecule has 0 aliphatic carbocycles. The lowest BCUT2D eigenvalue weighted by atomic mass is 9.62. The number of unbranched alkanes of at least 4 members (excludes halogenated alkanes) is 1. The van der Waals surface area contributed by atoms with Crippen LogP contribution in [0.5, 0.6) is 0 Å². The number of carbonyl (C=O) groups is 1. The highest BCUT2D eigenvalue weighted by Gasteiger charge is 2.58. The molecule has 204 valence electrons. The minimum Gasteiger partial charge on any atom is -0.386 e. The Morgan fingerprint density at radius 2 is 1.61 bits per heavy atom. The number of halogens is 1. The fourth-order valence-corrected chi connectivity index (χ4v) is 7.04. The molecule has 9 heteroatoms. The Labute approximate surface area is 230 Å². The largest absolute Gasteiger partial charge is 0.386 e. The van der Waals surface area contributed by atoms with Gasteiger partial charge < -0.3 is 15.7 Å². The molecule has 0 unspecified atom stereocenters. The smallest absolute Gasteiger partial charge is 0.267 e. The van der Waals surface area contributed by atoms with Crippen molar-refractivity contribution >= 4 is 23.2 Å². The van der Waals surface area contributed by atoms with Gasteiger partial charge in [0.25, 0.3) is 5.91 Å². The third-order valence-corrected chi connectivity index (χ3v) is 8.82. The highest BCUT2D eigenvalue weighted by Crippen LogP contribution is 2.52. The first kappa shape index (κ1) is 27.1. The van der Waals surface area contributed by atoms with Crippen molar-refractivity contribution in [1.29, 1.82) is 0 Å². The summed E-state index contributed by atoms with van der Waals surface area (Å²) < 4.78 is 0. The van der Waals surface area contributed by atoms with Crippen molar-refractivity contribution in [2.45, 2.75) is 56.9 Å². The number of aliphatic hydroxyl groups excluding tert-OH is 1. The van der Waals surface area contributed by atoms with Gasteiger partial charge in [0.2, 0.25) is 0 Å². The molecule has 1 aromatic carbocycles.